The first-order chi connectivity index (χ1) is 13.7. The van der Waals surface area contributed by atoms with Gasteiger partial charge in [-0.25, -0.2) is 9.78 Å². The summed E-state index contributed by atoms with van der Waals surface area (Å²) in [5.74, 6) is 0.477. The van der Waals surface area contributed by atoms with E-state index in [-0.39, 0.29) is 5.97 Å². The molecule has 2 aromatic rings. The van der Waals surface area contributed by atoms with Gasteiger partial charge in [0.25, 0.3) is 0 Å². The molecule has 148 valence electrons. The summed E-state index contributed by atoms with van der Waals surface area (Å²) in [5.41, 5.74) is 1.12. The molecule has 0 atom stereocenters. The molecule has 3 heterocycles. The van der Waals surface area contributed by atoms with Gasteiger partial charge in [0.2, 0.25) is 5.95 Å². The van der Waals surface area contributed by atoms with Crippen LogP contribution in [0.5, 0.6) is 0 Å². The van der Waals surface area contributed by atoms with Gasteiger partial charge in [-0.1, -0.05) is 12.1 Å². The number of nitrogens with zero attached hydrogens (tertiary/aromatic N) is 3. The lowest BCUT2D eigenvalue weighted by Gasteiger charge is -2.37. The third kappa shape index (κ3) is 3.93. The molecule has 2 saturated heterocycles. The summed E-state index contributed by atoms with van der Waals surface area (Å²) < 4.78 is 16.7. The van der Waals surface area contributed by atoms with Gasteiger partial charge in [0.1, 0.15) is 5.82 Å². The van der Waals surface area contributed by atoms with E-state index in [1.54, 1.807) is 31.3 Å². The Labute approximate surface area is 163 Å². The molecule has 1 aromatic heterocycles. The van der Waals surface area contributed by atoms with Crippen molar-refractivity contribution in [2.24, 2.45) is 0 Å². The first-order valence-corrected chi connectivity index (χ1v) is 9.58. The van der Waals surface area contributed by atoms with Crippen LogP contribution >= 0.6 is 0 Å². The van der Waals surface area contributed by atoms with Crippen molar-refractivity contribution < 1.29 is 19.0 Å². The number of carbonyl (C=O) groups is 1. The normalized spacial score (nSPS) is 18.2. The molecule has 8 heteroatoms. The second-order valence-corrected chi connectivity index (χ2v) is 6.73. The van der Waals surface area contributed by atoms with Crippen LogP contribution in [0.3, 0.4) is 0 Å². The number of benzene rings is 1. The maximum Gasteiger partial charge on any atom is 0.340 e. The average molecular weight is 384 g/mol. The number of esters is 1. The van der Waals surface area contributed by atoms with Crippen molar-refractivity contribution in [3.05, 3.63) is 42.1 Å². The molecular weight excluding hydrogens is 360 g/mol. The van der Waals surface area contributed by atoms with Crippen LogP contribution < -0.4 is 10.2 Å². The zero-order valence-electron chi connectivity index (χ0n) is 15.9. The van der Waals surface area contributed by atoms with Gasteiger partial charge in [-0.2, -0.15) is 4.98 Å². The van der Waals surface area contributed by atoms with Crippen molar-refractivity contribution >= 4 is 23.4 Å². The van der Waals surface area contributed by atoms with Crippen LogP contribution in [0.2, 0.25) is 0 Å². The Morgan fingerprint density at radius 3 is 2.71 bits per heavy atom. The SMILES string of the molecule is CCOC(=O)c1ccccc1Nc1ccnc(N2CCC3(CC2)OCCO3)n1. The van der Waals surface area contributed by atoms with Crippen molar-refractivity contribution in [3.63, 3.8) is 0 Å². The second-order valence-electron chi connectivity index (χ2n) is 6.73. The van der Waals surface area contributed by atoms with Crippen LogP contribution in [0.25, 0.3) is 0 Å². The minimum atomic E-state index is -0.426. The summed E-state index contributed by atoms with van der Waals surface area (Å²) in [6, 6.07) is 9.00. The maximum atomic E-state index is 12.2. The van der Waals surface area contributed by atoms with E-state index in [1.165, 1.54) is 0 Å². The van der Waals surface area contributed by atoms with Gasteiger partial charge < -0.3 is 24.4 Å². The smallest absolute Gasteiger partial charge is 0.340 e. The minimum absolute atomic E-state index is 0.328. The molecule has 0 amide bonds. The first kappa shape index (κ1) is 18.6. The number of aromatic nitrogens is 2. The maximum absolute atomic E-state index is 12.2. The fourth-order valence-corrected chi connectivity index (χ4v) is 3.52. The summed E-state index contributed by atoms with van der Waals surface area (Å²) in [6.45, 7) is 4.97. The number of piperidine rings is 1. The van der Waals surface area contributed by atoms with E-state index in [2.05, 4.69) is 20.2 Å². The number of nitrogens with one attached hydrogen (secondary N) is 1. The van der Waals surface area contributed by atoms with Gasteiger partial charge in [-0.05, 0) is 25.1 Å². The van der Waals surface area contributed by atoms with E-state index in [4.69, 9.17) is 14.2 Å². The molecule has 4 rings (SSSR count). The highest BCUT2D eigenvalue weighted by Crippen LogP contribution is 2.32. The minimum Gasteiger partial charge on any atom is -0.462 e. The van der Waals surface area contributed by atoms with Crippen molar-refractivity contribution in [1.29, 1.82) is 0 Å². The standard InChI is InChI=1S/C20H24N4O4/c1-2-26-18(25)15-5-3-4-6-16(15)22-17-7-10-21-19(23-17)24-11-8-20(9-12-24)27-13-14-28-20/h3-7,10H,2,8-9,11-14H2,1H3,(H,21,22,23). The van der Waals surface area contributed by atoms with E-state index in [0.29, 0.717) is 42.8 Å². The number of hydrogen-bond donors (Lipinski definition) is 1. The van der Waals surface area contributed by atoms with Crippen LogP contribution in [-0.2, 0) is 14.2 Å². The quantitative estimate of drug-likeness (QED) is 0.788. The Balaban J connectivity index is 1.47. The highest BCUT2D eigenvalue weighted by atomic mass is 16.7. The van der Waals surface area contributed by atoms with Gasteiger partial charge in [-0.3, -0.25) is 0 Å². The third-order valence-corrected chi connectivity index (χ3v) is 4.95. The predicted octanol–water partition coefficient (Wildman–Crippen LogP) is 2.74. The zero-order valence-corrected chi connectivity index (χ0v) is 15.9. The fraction of sp³-hybridized carbons (Fsp3) is 0.450. The Kier molecular flexibility index (Phi) is 5.40. The molecule has 0 bridgehead atoms. The van der Waals surface area contributed by atoms with Crippen LogP contribution in [0, 0.1) is 0 Å². The van der Waals surface area contributed by atoms with Crippen molar-refractivity contribution in [1.82, 2.24) is 9.97 Å². The molecule has 28 heavy (non-hydrogen) atoms. The first-order valence-electron chi connectivity index (χ1n) is 9.58. The number of para-hydroxylation sites is 1. The molecule has 0 aliphatic carbocycles. The molecule has 2 aliphatic heterocycles. The molecule has 2 fully saturated rings. The molecular formula is C20H24N4O4. The van der Waals surface area contributed by atoms with Crippen molar-refractivity contribution in [2.45, 2.75) is 25.6 Å². The largest absolute Gasteiger partial charge is 0.462 e. The van der Waals surface area contributed by atoms with Crippen LogP contribution in [-0.4, -0.2) is 54.6 Å². The van der Waals surface area contributed by atoms with Gasteiger partial charge in [0.15, 0.2) is 5.79 Å². The molecule has 8 nitrogen and oxygen atoms in total. The van der Waals surface area contributed by atoms with Crippen molar-refractivity contribution in [2.75, 3.05) is 43.1 Å². The second kappa shape index (κ2) is 8.12. The Morgan fingerprint density at radius 1 is 1.21 bits per heavy atom. The van der Waals surface area contributed by atoms with Gasteiger partial charge in [-0.15, -0.1) is 0 Å². The Bertz CT molecular complexity index is 828. The molecule has 0 saturated carbocycles. The molecule has 0 radical (unpaired) electrons. The van der Waals surface area contributed by atoms with Crippen molar-refractivity contribution in [3.8, 4) is 0 Å². The van der Waals surface area contributed by atoms with E-state index < -0.39 is 5.79 Å². The zero-order chi connectivity index (χ0) is 19.4. The van der Waals surface area contributed by atoms with Crippen LogP contribution in [0.1, 0.15) is 30.1 Å². The summed E-state index contributed by atoms with van der Waals surface area (Å²) in [7, 11) is 0. The topological polar surface area (TPSA) is 85.8 Å². The molecule has 1 aromatic carbocycles. The summed E-state index contributed by atoms with van der Waals surface area (Å²) in [6.07, 6.45) is 3.30. The number of hydrogen-bond acceptors (Lipinski definition) is 8. The number of carbonyl (C=O) groups excluding carboxylic acids is 1. The molecule has 0 unspecified atom stereocenters. The number of anilines is 3. The molecule has 1 spiro atoms. The molecule has 2 aliphatic rings. The average Bonchev–Trinajstić information content (AvgIpc) is 3.17. The van der Waals surface area contributed by atoms with Crippen LogP contribution in [0.15, 0.2) is 36.5 Å². The summed E-state index contributed by atoms with van der Waals surface area (Å²) in [4.78, 5) is 23.3. The van der Waals surface area contributed by atoms with Gasteiger partial charge in [0.05, 0.1) is 31.1 Å². The number of ether oxygens (including phenoxy) is 3. The summed E-state index contributed by atoms with van der Waals surface area (Å²) in [5, 5.41) is 3.21. The Morgan fingerprint density at radius 2 is 1.96 bits per heavy atom. The third-order valence-electron chi connectivity index (χ3n) is 4.95. The predicted molar refractivity (Wildman–Crippen MR) is 104 cm³/mol. The monoisotopic (exact) mass is 384 g/mol. The van der Waals surface area contributed by atoms with Gasteiger partial charge in [0, 0.05) is 32.1 Å². The van der Waals surface area contributed by atoms with E-state index in [1.807, 2.05) is 12.1 Å². The lowest BCUT2D eigenvalue weighted by atomic mass is 10.0. The highest BCUT2D eigenvalue weighted by molar-refractivity contribution is 5.96. The fourth-order valence-electron chi connectivity index (χ4n) is 3.52. The Hall–Kier alpha value is -2.71. The van der Waals surface area contributed by atoms with E-state index in [9.17, 15) is 4.79 Å². The lowest BCUT2D eigenvalue weighted by Crippen LogP contribution is -2.45. The van der Waals surface area contributed by atoms with Gasteiger partial charge >= 0.3 is 5.97 Å². The van der Waals surface area contributed by atoms with Crippen LogP contribution in [0.4, 0.5) is 17.5 Å². The summed E-state index contributed by atoms with van der Waals surface area (Å²) >= 11 is 0. The lowest BCUT2D eigenvalue weighted by molar-refractivity contribution is -0.169. The molecule has 1 N–H and O–H groups in total. The van der Waals surface area contributed by atoms with E-state index in [0.717, 1.165) is 25.9 Å². The highest BCUT2D eigenvalue weighted by Gasteiger charge is 2.40. The van der Waals surface area contributed by atoms with E-state index >= 15 is 0 Å². The number of rotatable bonds is 5.